The van der Waals surface area contributed by atoms with Crippen molar-refractivity contribution in [3.05, 3.63) is 0 Å². The van der Waals surface area contributed by atoms with Crippen LogP contribution in [0.5, 0.6) is 0 Å². The molecule has 1 N–H and O–H groups in total. The molecule has 0 aromatic carbocycles. The van der Waals surface area contributed by atoms with Gasteiger partial charge >= 0.3 is 78.3 Å². The predicted octanol–water partition coefficient (Wildman–Crippen LogP) is 2.19. The van der Waals surface area contributed by atoms with E-state index in [0.717, 1.165) is 0 Å². The normalized spacial score (nSPS) is 12.9. The molecule has 0 bridgehead atoms. The van der Waals surface area contributed by atoms with Crippen molar-refractivity contribution >= 4 is 26.9 Å². The van der Waals surface area contributed by atoms with Crippen LogP contribution in [0.4, 0.5) is 0 Å². The number of carboxylic acid groups (broad SMARTS) is 1. The van der Waals surface area contributed by atoms with E-state index in [1.165, 1.54) is 17.3 Å². The topological polar surface area (TPSA) is 37.3 Å². The summed E-state index contributed by atoms with van der Waals surface area (Å²) in [4.78, 5) is 10.3. The average molecular weight is 272 g/mol. The molecule has 1 unspecified atom stereocenters. The molecule has 0 saturated carbocycles. The molecule has 11 heavy (non-hydrogen) atoms. The van der Waals surface area contributed by atoms with Gasteiger partial charge in [0, 0.05) is 0 Å². The standard InChI is InChI=1S/C8H16O2Te/c1-3-4-5-11-7(2)6-8(9)10/h7H,3-6H2,1-2H3,(H,9,10). The van der Waals surface area contributed by atoms with E-state index < -0.39 is 5.97 Å². The number of rotatable bonds is 6. The second-order valence-corrected chi connectivity index (χ2v) is 7.05. The summed E-state index contributed by atoms with van der Waals surface area (Å²) in [5.41, 5.74) is 0. The monoisotopic (exact) mass is 274 g/mol. The Morgan fingerprint density at radius 2 is 2.27 bits per heavy atom. The van der Waals surface area contributed by atoms with E-state index in [4.69, 9.17) is 5.11 Å². The van der Waals surface area contributed by atoms with Gasteiger partial charge in [-0.05, 0) is 0 Å². The Labute approximate surface area is 78.5 Å². The minimum absolute atomic E-state index is 0.0250. The Bertz CT molecular complexity index is 115. The fourth-order valence-corrected chi connectivity index (χ4v) is 3.92. The van der Waals surface area contributed by atoms with Crippen LogP contribution < -0.4 is 0 Å². The first kappa shape index (κ1) is 11.3. The van der Waals surface area contributed by atoms with Crippen LogP contribution in [0, 0.1) is 0 Å². The molecule has 0 aliphatic rings. The second kappa shape index (κ2) is 6.94. The van der Waals surface area contributed by atoms with E-state index in [0.29, 0.717) is 10.4 Å². The first-order valence-corrected chi connectivity index (χ1v) is 6.99. The Balaban J connectivity index is 3.22. The van der Waals surface area contributed by atoms with Gasteiger partial charge in [0.15, 0.2) is 0 Å². The molecule has 0 aromatic heterocycles. The van der Waals surface area contributed by atoms with Gasteiger partial charge in [0.25, 0.3) is 0 Å². The molecule has 2 nitrogen and oxygen atoms in total. The molecule has 0 aliphatic carbocycles. The molecule has 0 saturated heterocycles. The van der Waals surface area contributed by atoms with Gasteiger partial charge in [-0.3, -0.25) is 0 Å². The van der Waals surface area contributed by atoms with E-state index in [9.17, 15) is 4.79 Å². The number of hydrogen-bond donors (Lipinski definition) is 1. The Kier molecular flexibility index (Phi) is 7.10. The zero-order chi connectivity index (χ0) is 8.69. The van der Waals surface area contributed by atoms with Crippen LogP contribution in [0.2, 0.25) is 8.43 Å². The Morgan fingerprint density at radius 3 is 2.73 bits per heavy atom. The van der Waals surface area contributed by atoms with E-state index in [2.05, 4.69) is 13.8 Å². The molecular weight excluding hydrogens is 256 g/mol. The van der Waals surface area contributed by atoms with Crippen molar-refractivity contribution in [2.75, 3.05) is 0 Å². The van der Waals surface area contributed by atoms with Crippen LogP contribution >= 0.6 is 0 Å². The van der Waals surface area contributed by atoms with E-state index in [1.807, 2.05) is 0 Å². The van der Waals surface area contributed by atoms with Crippen molar-refractivity contribution in [2.24, 2.45) is 0 Å². The summed E-state index contributed by atoms with van der Waals surface area (Å²) >= 11 is -0.0250. The van der Waals surface area contributed by atoms with Gasteiger partial charge in [0.05, 0.1) is 0 Å². The van der Waals surface area contributed by atoms with Crippen LogP contribution in [0.25, 0.3) is 0 Å². The van der Waals surface area contributed by atoms with Gasteiger partial charge in [-0.2, -0.15) is 0 Å². The number of aliphatic carboxylic acids is 1. The number of unbranched alkanes of at least 4 members (excludes halogenated alkanes) is 1. The third kappa shape index (κ3) is 8.16. The van der Waals surface area contributed by atoms with Gasteiger partial charge in [0.2, 0.25) is 0 Å². The van der Waals surface area contributed by atoms with E-state index in [1.54, 1.807) is 0 Å². The second-order valence-electron chi connectivity index (χ2n) is 2.63. The van der Waals surface area contributed by atoms with Gasteiger partial charge < -0.3 is 0 Å². The summed E-state index contributed by atoms with van der Waals surface area (Å²) < 4.78 is 1.78. The fourth-order valence-electron chi connectivity index (χ4n) is 0.734. The summed E-state index contributed by atoms with van der Waals surface area (Å²) in [5.74, 6) is -0.640. The molecule has 0 amide bonds. The first-order valence-electron chi connectivity index (χ1n) is 4.00. The van der Waals surface area contributed by atoms with E-state index >= 15 is 0 Å². The number of carbonyl (C=O) groups is 1. The van der Waals surface area contributed by atoms with Crippen molar-refractivity contribution < 1.29 is 9.90 Å². The zero-order valence-electron chi connectivity index (χ0n) is 7.17. The Morgan fingerprint density at radius 1 is 1.64 bits per heavy atom. The molecule has 3 heteroatoms. The zero-order valence-corrected chi connectivity index (χ0v) is 9.50. The van der Waals surface area contributed by atoms with E-state index in [-0.39, 0.29) is 20.9 Å². The summed E-state index contributed by atoms with van der Waals surface area (Å²) in [6.07, 6.45) is 2.91. The van der Waals surface area contributed by atoms with Crippen molar-refractivity contribution in [3.8, 4) is 0 Å². The molecule has 0 heterocycles. The predicted molar refractivity (Wildman–Crippen MR) is 47.1 cm³/mol. The molecular formula is C8H16O2Te. The number of carboxylic acids is 1. The van der Waals surface area contributed by atoms with Crippen molar-refractivity contribution in [1.29, 1.82) is 0 Å². The molecule has 0 aliphatic heterocycles. The quantitative estimate of drug-likeness (QED) is 0.594. The molecule has 0 radical (unpaired) electrons. The number of hydrogen-bond acceptors (Lipinski definition) is 1. The van der Waals surface area contributed by atoms with Crippen LogP contribution in [0.15, 0.2) is 0 Å². The third-order valence-electron chi connectivity index (χ3n) is 1.36. The summed E-state index contributed by atoms with van der Waals surface area (Å²) in [6.45, 7) is 4.24. The van der Waals surface area contributed by atoms with Gasteiger partial charge in [-0.25, -0.2) is 0 Å². The average Bonchev–Trinajstić information content (AvgIpc) is 1.86. The molecule has 0 spiro atoms. The van der Waals surface area contributed by atoms with Crippen molar-refractivity contribution in [2.45, 2.75) is 41.5 Å². The van der Waals surface area contributed by atoms with Crippen LogP contribution in [-0.4, -0.2) is 32.0 Å². The SMILES string of the molecule is CCCC[Te]C(C)CC(=O)O. The summed E-state index contributed by atoms with van der Waals surface area (Å²) in [6, 6.07) is 0. The van der Waals surface area contributed by atoms with Crippen molar-refractivity contribution in [1.82, 2.24) is 0 Å². The maximum atomic E-state index is 10.3. The van der Waals surface area contributed by atoms with Crippen LogP contribution in [0.3, 0.4) is 0 Å². The maximum absolute atomic E-state index is 10.3. The molecule has 66 valence electrons. The molecule has 0 fully saturated rings. The van der Waals surface area contributed by atoms with Crippen LogP contribution in [-0.2, 0) is 4.79 Å². The molecule has 0 aromatic rings. The molecule has 0 rings (SSSR count). The van der Waals surface area contributed by atoms with Gasteiger partial charge in [0.1, 0.15) is 0 Å². The first-order chi connectivity index (χ1) is 5.16. The summed E-state index contributed by atoms with van der Waals surface area (Å²) in [5, 5.41) is 8.46. The van der Waals surface area contributed by atoms with Gasteiger partial charge in [-0.15, -0.1) is 0 Å². The fraction of sp³-hybridized carbons (Fsp3) is 0.875. The van der Waals surface area contributed by atoms with Crippen molar-refractivity contribution in [3.63, 3.8) is 0 Å². The van der Waals surface area contributed by atoms with Crippen LogP contribution in [0.1, 0.15) is 33.1 Å². The molecule has 1 atom stereocenters. The Hall–Kier alpha value is 0.260. The third-order valence-corrected chi connectivity index (χ3v) is 4.96. The minimum atomic E-state index is -0.640. The summed E-state index contributed by atoms with van der Waals surface area (Å²) in [7, 11) is 0. The van der Waals surface area contributed by atoms with Gasteiger partial charge in [-0.1, -0.05) is 0 Å².